The molecular weight excluding hydrogens is 246 g/mol. The maximum absolute atomic E-state index is 3.71. The summed E-state index contributed by atoms with van der Waals surface area (Å²) < 4.78 is 0. The monoisotopic (exact) mass is 275 g/mol. The predicted molar refractivity (Wildman–Crippen MR) is 87.7 cm³/mol. The van der Waals surface area contributed by atoms with E-state index in [1.807, 2.05) is 0 Å². The summed E-state index contributed by atoms with van der Waals surface area (Å²) in [6, 6.07) is 9.95. The highest BCUT2D eigenvalue weighted by Crippen LogP contribution is 2.27. The fourth-order valence-electron chi connectivity index (χ4n) is 3.03. The molecule has 1 saturated carbocycles. The van der Waals surface area contributed by atoms with E-state index in [9.17, 15) is 0 Å². The van der Waals surface area contributed by atoms with Crippen molar-refractivity contribution in [3.63, 3.8) is 0 Å². The van der Waals surface area contributed by atoms with Crippen LogP contribution in [0, 0.1) is 5.92 Å². The van der Waals surface area contributed by atoms with Gasteiger partial charge < -0.3 is 5.32 Å². The van der Waals surface area contributed by atoms with E-state index in [0.717, 1.165) is 12.5 Å². The van der Waals surface area contributed by atoms with E-state index in [2.05, 4.69) is 56.1 Å². The Morgan fingerprint density at radius 3 is 2.21 bits per heavy atom. The molecule has 1 aliphatic rings. The van der Waals surface area contributed by atoms with Gasteiger partial charge in [-0.25, -0.2) is 0 Å². The minimum atomic E-state index is -1.14. The van der Waals surface area contributed by atoms with Crippen molar-refractivity contribution >= 4 is 13.3 Å². The van der Waals surface area contributed by atoms with Crippen molar-refractivity contribution in [1.82, 2.24) is 5.32 Å². The van der Waals surface area contributed by atoms with Crippen molar-refractivity contribution in [3.8, 4) is 0 Å². The first-order chi connectivity index (χ1) is 8.97. The molecule has 1 atom stereocenters. The fraction of sp³-hybridized carbons (Fsp3) is 0.647. The molecular formula is C17H29NSi. The van der Waals surface area contributed by atoms with Gasteiger partial charge in [-0.2, -0.15) is 0 Å². The molecule has 1 fully saturated rings. The number of hydrogen-bond donors (Lipinski definition) is 1. The average Bonchev–Trinajstić information content (AvgIpc) is 2.89. The molecule has 2 rings (SSSR count). The van der Waals surface area contributed by atoms with Crippen LogP contribution in [0.1, 0.15) is 38.2 Å². The molecule has 2 heteroatoms. The average molecular weight is 276 g/mol. The fourth-order valence-corrected chi connectivity index (χ4v) is 4.19. The van der Waals surface area contributed by atoms with Gasteiger partial charge in [0.25, 0.3) is 0 Å². The van der Waals surface area contributed by atoms with Crippen molar-refractivity contribution in [2.45, 2.75) is 64.8 Å². The summed E-state index contributed by atoms with van der Waals surface area (Å²) in [5.41, 5.74) is 1.42. The smallest absolute Gasteiger partial charge is 0.0775 e. The van der Waals surface area contributed by atoms with Crippen LogP contribution >= 0.6 is 0 Å². The summed E-state index contributed by atoms with van der Waals surface area (Å²) in [6.45, 7) is 10.6. The molecule has 0 aromatic heterocycles. The van der Waals surface area contributed by atoms with Crippen LogP contribution in [0.25, 0.3) is 0 Å². The van der Waals surface area contributed by atoms with Gasteiger partial charge in [0.15, 0.2) is 0 Å². The van der Waals surface area contributed by atoms with Crippen molar-refractivity contribution in [3.05, 3.63) is 29.8 Å². The van der Waals surface area contributed by atoms with Gasteiger partial charge >= 0.3 is 0 Å². The van der Waals surface area contributed by atoms with Crippen molar-refractivity contribution in [2.24, 2.45) is 5.92 Å². The van der Waals surface area contributed by atoms with Crippen LogP contribution in [0.15, 0.2) is 24.3 Å². The van der Waals surface area contributed by atoms with Crippen LogP contribution in [0.5, 0.6) is 0 Å². The van der Waals surface area contributed by atoms with Crippen LogP contribution in [-0.4, -0.2) is 14.1 Å². The van der Waals surface area contributed by atoms with Crippen molar-refractivity contribution in [2.75, 3.05) is 0 Å². The molecule has 0 heterocycles. The summed E-state index contributed by atoms with van der Waals surface area (Å²) >= 11 is 0. The lowest BCUT2D eigenvalue weighted by molar-refractivity contribution is 0.380. The molecule has 0 radical (unpaired) electrons. The SMILES string of the molecule is C[C@H](NCc1ccc([Si](C)(C)C)cc1)C1CCCC1. The number of nitrogens with one attached hydrogen (secondary N) is 1. The van der Waals surface area contributed by atoms with Gasteiger partial charge in [0, 0.05) is 12.6 Å². The van der Waals surface area contributed by atoms with E-state index in [4.69, 9.17) is 0 Å². The molecule has 0 spiro atoms. The molecule has 0 aliphatic heterocycles. The Kier molecular flexibility index (Phi) is 4.85. The Bertz CT molecular complexity index is 385. The van der Waals surface area contributed by atoms with E-state index >= 15 is 0 Å². The summed E-state index contributed by atoms with van der Waals surface area (Å²) in [4.78, 5) is 0. The topological polar surface area (TPSA) is 12.0 Å². The second-order valence-corrected chi connectivity index (χ2v) is 12.2. The molecule has 0 unspecified atom stereocenters. The lowest BCUT2D eigenvalue weighted by Crippen LogP contribution is -2.37. The van der Waals surface area contributed by atoms with E-state index in [1.165, 1.54) is 31.2 Å². The van der Waals surface area contributed by atoms with Gasteiger partial charge in [-0.15, -0.1) is 0 Å². The third-order valence-electron chi connectivity index (χ3n) is 4.56. The van der Waals surface area contributed by atoms with Crippen molar-refractivity contribution < 1.29 is 0 Å². The zero-order chi connectivity index (χ0) is 13.9. The molecule has 1 aromatic carbocycles. The first-order valence-corrected chi connectivity index (χ1v) is 11.3. The van der Waals surface area contributed by atoms with E-state index < -0.39 is 8.07 Å². The Morgan fingerprint density at radius 1 is 1.11 bits per heavy atom. The molecule has 1 N–H and O–H groups in total. The summed E-state index contributed by atoms with van der Waals surface area (Å²) in [5.74, 6) is 0.904. The Balaban J connectivity index is 1.86. The van der Waals surface area contributed by atoms with Crippen molar-refractivity contribution in [1.29, 1.82) is 0 Å². The first-order valence-electron chi connectivity index (χ1n) is 7.79. The molecule has 1 aromatic rings. The molecule has 0 bridgehead atoms. The number of rotatable bonds is 5. The maximum Gasteiger partial charge on any atom is 0.0775 e. The predicted octanol–water partition coefficient (Wildman–Crippen LogP) is 3.90. The third kappa shape index (κ3) is 4.18. The molecule has 0 saturated heterocycles. The normalized spacial score (nSPS) is 18.7. The minimum absolute atomic E-state index is 0.666. The Labute approximate surface area is 119 Å². The highest BCUT2D eigenvalue weighted by Gasteiger charge is 2.21. The van der Waals surface area contributed by atoms with E-state index in [0.29, 0.717) is 6.04 Å². The van der Waals surface area contributed by atoms with Gasteiger partial charge in [0.1, 0.15) is 0 Å². The Hall–Kier alpha value is -0.603. The van der Waals surface area contributed by atoms with Gasteiger partial charge in [-0.1, -0.05) is 61.9 Å². The third-order valence-corrected chi connectivity index (χ3v) is 6.62. The highest BCUT2D eigenvalue weighted by molar-refractivity contribution is 6.88. The van der Waals surface area contributed by atoms with Crippen LogP contribution in [0.3, 0.4) is 0 Å². The largest absolute Gasteiger partial charge is 0.310 e. The molecule has 0 amide bonds. The van der Waals surface area contributed by atoms with Gasteiger partial charge in [-0.3, -0.25) is 0 Å². The van der Waals surface area contributed by atoms with Crippen LogP contribution in [0.4, 0.5) is 0 Å². The molecule has 106 valence electrons. The van der Waals surface area contributed by atoms with Gasteiger partial charge in [0.05, 0.1) is 8.07 Å². The number of hydrogen-bond acceptors (Lipinski definition) is 1. The quantitative estimate of drug-likeness (QED) is 0.804. The zero-order valence-corrected chi connectivity index (χ0v) is 14.0. The number of benzene rings is 1. The zero-order valence-electron chi connectivity index (χ0n) is 13.0. The summed E-state index contributed by atoms with van der Waals surface area (Å²) in [7, 11) is -1.14. The molecule has 1 aliphatic carbocycles. The maximum atomic E-state index is 3.71. The summed E-state index contributed by atoms with van der Waals surface area (Å²) in [5, 5.41) is 5.27. The second kappa shape index (κ2) is 6.23. The van der Waals surface area contributed by atoms with E-state index in [-0.39, 0.29) is 0 Å². The van der Waals surface area contributed by atoms with Gasteiger partial charge in [-0.05, 0) is 31.2 Å². The molecule has 1 nitrogen and oxygen atoms in total. The van der Waals surface area contributed by atoms with Crippen LogP contribution < -0.4 is 10.5 Å². The lowest BCUT2D eigenvalue weighted by Gasteiger charge is -2.21. The first kappa shape index (κ1) is 14.8. The summed E-state index contributed by atoms with van der Waals surface area (Å²) in [6.07, 6.45) is 5.70. The standard InChI is InChI=1S/C17H29NSi/c1-14(16-7-5-6-8-16)18-13-15-9-11-17(12-10-15)19(2,3)4/h9-12,14,16,18H,5-8,13H2,1-4H3/t14-/m0/s1. The van der Waals surface area contributed by atoms with Gasteiger partial charge in [0.2, 0.25) is 0 Å². The van der Waals surface area contributed by atoms with E-state index in [1.54, 1.807) is 5.19 Å². The lowest BCUT2D eigenvalue weighted by atomic mass is 9.99. The van der Waals surface area contributed by atoms with Crippen LogP contribution in [0.2, 0.25) is 19.6 Å². The molecule has 19 heavy (non-hydrogen) atoms. The second-order valence-electron chi connectivity index (χ2n) is 7.16. The minimum Gasteiger partial charge on any atom is -0.310 e. The van der Waals surface area contributed by atoms with Crippen LogP contribution in [-0.2, 0) is 6.54 Å². The Morgan fingerprint density at radius 2 is 1.68 bits per heavy atom. The highest BCUT2D eigenvalue weighted by atomic mass is 28.3.